The van der Waals surface area contributed by atoms with Crippen molar-refractivity contribution in [3.8, 4) is 0 Å². The van der Waals surface area contributed by atoms with Gasteiger partial charge in [0, 0.05) is 12.2 Å². The van der Waals surface area contributed by atoms with Crippen LogP contribution in [0.3, 0.4) is 0 Å². The van der Waals surface area contributed by atoms with Crippen molar-refractivity contribution in [2.75, 3.05) is 18.4 Å². The summed E-state index contributed by atoms with van der Waals surface area (Å²) in [6, 6.07) is 6.00. The maximum Gasteiger partial charge on any atom is 0.241 e. The zero-order valence-electron chi connectivity index (χ0n) is 11.3. The van der Waals surface area contributed by atoms with Crippen LogP contribution < -0.4 is 15.4 Å². The summed E-state index contributed by atoms with van der Waals surface area (Å²) in [7, 11) is -3.45. The van der Waals surface area contributed by atoms with Gasteiger partial charge >= 0.3 is 0 Å². The van der Waals surface area contributed by atoms with Crippen LogP contribution in [0, 0.1) is 0 Å². The number of anilines is 1. The number of carbonyl (C=O) groups excluding carboxylic acids is 1. The van der Waals surface area contributed by atoms with Gasteiger partial charge in [0.1, 0.15) is 0 Å². The minimum Gasteiger partial charge on any atom is -0.325 e. The van der Waals surface area contributed by atoms with E-state index in [4.69, 9.17) is 0 Å². The Bertz CT molecular complexity index is 563. The monoisotopic (exact) mass is 297 g/mol. The van der Waals surface area contributed by atoms with Crippen LogP contribution in [0.25, 0.3) is 0 Å². The first-order chi connectivity index (χ1) is 9.53. The van der Waals surface area contributed by atoms with Crippen molar-refractivity contribution in [1.82, 2.24) is 10.0 Å². The van der Waals surface area contributed by atoms with Gasteiger partial charge in [0.2, 0.25) is 15.9 Å². The molecule has 1 aliphatic heterocycles. The molecule has 0 unspecified atom stereocenters. The fraction of sp³-hybridized carbons (Fsp3) is 0.462. The van der Waals surface area contributed by atoms with Crippen LogP contribution in [0.2, 0.25) is 0 Å². The van der Waals surface area contributed by atoms with Gasteiger partial charge in [0.05, 0.1) is 10.9 Å². The van der Waals surface area contributed by atoms with Crippen molar-refractivity contribution in [3.05, 3.63) is 24.3 Å². The predicted octanol–water partition coefficient (Wildman–Crippen LogP) is 0.675. The smallest absolute Gasteiger partial charge is 0.241 e. The molecule has 1 fully saturated rings. The number of carbonyl (C=O) groups is 1. The molecule has 1 aromatic rings. The first-order valence-corrected chi connectivity index (χ1v) is 8.15. The third-order valence-corrected chi connectivity index (χ3v) is 4.70. The summed E-state index contributed by atoms with van der Waals surface area (Å²) in [6.45, 7) is 2.92. The van der Waals surface area contributed by atoms with E-state index < -0.39 is 10.0 Å². The average Bonchev–Trinajstić information content (AvgIpc) is 2.93. The van der Waals surface area contributed by atoms with E-state index >= 15 is 0 Å². The summed E-state index contributed by atoms with van der Waals surface area (Å²) in [5, 5.41) is 5.89. The van der Waals surface area contributed by atoms with E-state index in [1.807, 2.05) is 0 Å². The molecular weight excluding hydrogens is 278 g/mol. The van der Waals surface area contributed by atoms with Crippen molar-refractivity contribution >= 4 is 21.6 Å². The lowest BCUT2D eigenvalue weighted by Crippen LogP contribution is -2.35. The number of amides is 1. The second-order valence-electron chi connectivity index (χ2n) is 4.66. The summed E-state index contributed by atoms with van der Waals surface area (Å²) < 4.78 is 26.0. The van der Waals surface area contributed by atoms with Crippen LogP contribution in [0.4, 0.5) is 5.69 Å². The molecule has 3 N–H and O–H groups in total. The van der Waals surface area contributed by atoms with Gasteiger partial charge in [-0.25, -0.2) is 13.1 Å². The van der Waals surface area contributed by atoms with E-state index in [1.54, 1.807) is 19.1 Å². The molecule has 1 heterocycles. The molecule has 1 atom stereocenters. The number of hydrogen-bond donors (Lipinski definition) is 3. The lowest BCUT2D eigenvalue weighted by molar-refractivity contribution is -0.117. The van der Waals surface area contributed by atoms with Crippen molar-refractivity contribution in [2.24, 2.45) is 0 Å². The van der Waals surface area contributed by atoms with Gasteiger partial charge in [-0.1, -0.05) is 6.92 Å². The van der Waals surface area contributed by atoms with E-state index in [-0.39, 0.29) is 16.8 Å². The minimum atomic E-state index is -3.45. The fourth-order valence-electron chi connectivity index (χ4n) is 2.13. The number of nitrogens with one attached hydrogen (secondary N) is 3. The molecule has 110 valence electrons. The zero-order valence-corrected chi connectivity index (χ0v) is 12.2. The van der Waals surface area contributed by atoms with Crippen LogP contribution in [0.15, 0.2) is 29.2 Å². The standard InChI is InChI=1S/C13H19N3O3S/c1-2-15-20(18,19)11-7-5-10(6-8-11)16-13(17)12-4-3-9-14-12/h5-8,12,14-15H,2-4,9H2,1H3,(H,16,17)/t12-/m0/s1. The molecule has 2 rings (SSSR count). The van der Waals surface area contributed by atoms with Gasteiger partial charge in [0.15, 0.2) is 0 Å². The summed E-state index contributed by atoms with van der Waals surface area (Å²) in [6.07, 6.45) is 1.83. The number of hydrogen-bond acceptors (Lipinski definition) is 4. The molecule has 0 bridgehead atoms. The highest BCUT2D eigenvalue weighted by Gasteiger charge is 2.22. The number of sulfonamides is 1. The number of benzene rings is 1. The van der Waals surface area contributed by atoms with Gasteiger partial charge in [-0.2, -0.15) is 0 Å². The second kappa shape index (κ2) is 6.34. The van der Waals surface area contributed by atoms with Crippen LogP contribution in [-0.4, -0.2) is 33.5 Å². The Morgan fingerprint density at radius 2 is 2.05 bits per heavy atom. The lowest BCUT2D eigenvalue weighted by atomic mass is 10.2. The molecule has 1 aromatic carbocycles. The van der Waals surface area contributed by atoms with Crippen molar-refractivity contribution < 1.29 is 13.2 Å². The second-order valence-corrected chi connectivity index (χ2v) is 6.43. The van der Waals surface area contributed by atoms with Crippen molar-refractivity contribution in [1.29, 1.82) is 0 Å². The predicted molar refractivity (Wildman–Crippen MR) is 77.0 cm³/mol. The molecule has 6 nitrogen and oxygen atoms in total. The van der Waals surface area contributed by atoms with E-state index in [9.17, 15) is 13.2 Å². The number of rotatable bonds is 5. The van der Waals surface area contributed by atoms with Crippen LogP contribution in [0.5, 0.6) is 0 Å². The van der Waals surface area contributed by atoms with Gasteiger partial charge in [0.25, 0.3) is 0 Å². The van der Waals surface area contributed by atoms with Crippen LogP contribution >= 0.6 is 0 Å². The largest absolute Gasteiger partial charge is 0.325 e. The molecule has 1 saturated heterocycles. The first-order valence-electron chi connectivity index (χ1n) is 6.67. The van der Waals surface area contributed by atoms with Crippen molar-refractivity contribution in [3.63, 3.8) is 0 Å². The fourth-order valence-corrected chi connectivity index (χ4v) is 3.17. The van der Waals surface area contributed by atoms with Gasteiger partial charge in [-0.15, -0.1) is 0 Å². The highest BCUT2D eigenvalue weighted by molar-refractivity contribution is 7.89. The Labute approximate surface area is 119 Å². The first kappa shape index (κ1) is 15.0. The molecule has 0 aromatic heterocycles. The molecule has 0 spiro atoms. The SMILES string of the molecule is CCNS(=O)(=O)c1ccc(NC(=O)[C@@H]2CCCN2)cc1. The highest BCUT2D eigenvalue weighted by Crippen LogP contribution is 2.15. The average molecular weight is 297 g/mol. The Balaban J connectivity index is 2.03. The Hall–Kier alpha value is -1.44. The molecule has 0 aliphatic carbocycles. The molecule has 0 radical (unpaired) electrons. The van der Waals surface area contributed by atoms with E-state index in [0.717, 1.165) is 19.4 Å². The molecule has 0 saturated carbocycles. The Morgan fingerprint density at radius 3 is 2.60 bits per heavy atom. The maximum atomic E-state index is 11.9. The molecule has 1 aliphatic rings. The van der Waals surface area contributed by atoms with Crippen molar-refractivity contribution in [2.45, 2.75) is 30.7 Å². The third-order valence-electron chi connectivity index (χ3n) is 3.14. The van der Waals surface area contributed by atoms with Gasteiger partial charge in [-0.3, -0.25) is 4.79 Å². The lowest BCUT2D eigenvalue weighted by Gasteiger charge is -2.11. The van der Waals surface area contributed by atoms with Crippen LogP contribution in [0.1, 0.15) is 19.8 Å². The Kier molecular flexibility index (Phi) is 4.74. The van der Waals surface area contributed by atoms with E-state index in [1.165, 1.54) is 12.1 Å². The summed E-state index contributed by atoms with van der Waals surface area (Å²) in [5.41, 5.74) is 0.596. The normalized spacial score (nSPS) is 18.9. The summed E-state index contributed by atoms with van der Waals surface area (Å²) >= 11 is 0. The highest BCUT2D eigenvalue weighted by atomic mass is 32.2. The quantitative estimate of drug-likeness (QED) is 0.745. The van der Waals surface area contributed by atoms with E-state index in [0.29, 0.717) is 12.2 Å². The molecular formula is C13H19N3O3S. The van der Waals surface area contributed by atoms with Gasteiger partial charge < -0.3 is 10.6 Å². The molecule has 1 amide bonds. The van der Waals surface area contributed by atoms with E-state index in [2.05, 4.69) is 15.4 Å². The zero-order chi connectivity index (χ0) is 14.6. The molecule has 7 heteroatoms. The minimum absolute atomic E-state index is 0.0789. The summed E-state index contributed by atoms with van der Waals surface area (Å²) in [4.78, 5) is 12.1. The van der Waals surface area contributed by atoms with Crippen LogP contribution in [-0.2, 0) is 14.8 Å². The third kappa shape index (κ3) is 3.56. The van der Waals surface area contributed by atoms with Gasteiger partial charge in [-0.05, 0) is 43.7 Å². The maximum absolute atomic E-state index is 11.9. The molecule has 20 heavy (non-hydrogen) atoms. The Morgan fingerprint density at radius 1 is 1.35 bits per heavy atom. The topological polar surface area (TPSA) is 87.3 Å². The summed E-state index contributed by atoms with van der Waals surface area (Å²) in [5.74, 6) is -0.0789.